The topological polar surface area (TPSA) is 72.8 Å². The monoisotopic (exact) mass is 410 g/mol. The molecule has 1 aliphatic heterocycles. The molecule has 0 spiro atoms. The largest absolute Gasteiger partial charge is 0.504 e. The van der Waals surface area contributed by atoms with Crippen LogP contribution in [0.1, 0.15) is 63.3 Å². The molecule has 2 aromatic rings. The summed E-state index contributed by atoms with van der Waals surface area (Å²) in [7, 11) is 0. The minimum Gasteiger partial charge on any atom is -0.504 e. The van der Waals surface area contributed by atoms with Crippen LogP contribution in [-0.2, 0) is 22.4 Å². The lowest BCUT2D eigenvalue weighted by atomic mass is 9.99. The van der Waals surface area contributed by atoms with Gasteiger partial charge in [-0.3, -0.25) is 0 Å². The fourth-order valence-electron chi connectivity index (χ4n) is 3.50. The van der Waals surface area contributed by atoms with E-state index in [1.807, 2.05) is 18.4 Å². The molecule has 5 nitrogen and oxygen atoms in total. The van der Waals surface area contributed by atoms with E-state index in [9.17, 15) is 9.90 Å². The first-order valence-corrected chi connectivity index (χ1v) is 10.5. The molecule has 1 N–H and O–H groups in total. The quantitative estimate of drug-likeness (QED) is 0.361. The van der Waals surface area contributed by atoms with Crippen molar-refractivity contribution in [3.05, 3.63) is 82.6 Å². The first-order valence-electron chi connectivity index (χ1n) is 10.5. The second-order valence-electron chi connectivity index (χ2n) is 8.08. The molecule has 0 unspecified atom stereocenters. The molecule has 30 heavy (non-hydrogen) atoms. The van der Waals surface area contributed by atoms with Crippen molar-refractivity contribution in [3.8, 4) is 0 Å². The van der Waals surface area contributed by atoms with Gasteiger partial charge in [-0.15, -0.1) is 0 Å². The van der Waals surface area contributed by atoms with Gasteiger partial charge in [-0.1, -0.05) is 18.6 Å². The van der Waals surface area contributed by atoms with E-state index in [-0.39, 0.29) is 17.3 Å². The van der Waals surface area contributed by atoms with Crippen LogP contribution in [0.3, 0.4) is 0 Å². The smallest absolute Gasteiger partial charge is 0.343 e. The van der Waals surface area contributed by atoms with Gasteiger partial charge in [0.1, 0.15) is 5.76 Å². The molecule has 0 saturated carbocycles. The number of carbonyl (C=O) groups is 1. The number of rotatable bonds is 10. The van der Waals surface area contributed by atoms with Crippen molar-refractivity contribution >= 4 is 5.97 Å². The summed E-state index contributed by atoms with van der Waals surface area (Å²) in [5.74, 6) is 0.989. The lowest BCUT2D eigenvalue weighted by Gasteiger charge is -2.08. The highest BCUT2D eigenvalue weighted by molar-refractivity contribution is 5.93. The number of furan rings is 2. The van der Waals surface area contributed by atoms with Crippen LogP contribution in [0.2, 0.25) is 0 Å². The van der Waals surface area contributed by atoms with Crippen molar-refractivity contribution in [1.29, 1.82) is 0 Å². The maximum absolute atomic E-state index is 11.5. The average molecular weight is 411 g/mol. The summed E-state index contributed by atoms with van der Waals surface area (Å²) in [5, 5.41) is 9.89. The number of ether oxygens (including phenoxy) is 1. The number of hydrogen-bond acceptors (Lipinski definition) is 5. The zero-order valence-electron chi connectivity index (χ0n) is 17.9. The van der Waals surface area contributed by atoms with Gasteiger partial charge >= 0.3 is 5.97 Å². The summed E-state index contributed by atoms with van der Waals surface area (Å²) >= 11 is 0. The van der Waals surface area contributed by atoms with Crippen molar-refractivity contribution in [2.45, 2.75) is 59.3 Å². The van der Waals surface area contributed by atoms with Crippen molar-refractivity contribution in [3.63, 3.8) is 0 Å². The SMILES string of the molecule is CC1=C(O)/C(=C/[C@@H](C)CCC/C(C)=C/CCc2coc(Cc3ccoc3)c2)OC1=O. The standard InChI is InChI=1S/C25H30O5/c1-17(6-4-8-18(2)12-23-24(26)19(3)25(27)30-23)7-5-9-20-13-22(29-16-20)14-21-10-11-28-15-21/h7,10-13,15-16,18,26H,4-6,8-9,14H2,1-3H3/b17-7+,23-12-/t18-/m0/s1. The molecular formula is C25H30O5. The van der Waals surface area contributed by atoms with E-state index >= 15 is 0 Å². The molecule has 2 aromatic heterocycles. The predicted octanol–water partition coefficient (Wildman–Crippen LogP) is 6.42. The maximum Gasteiger partial charge on any atom is 0.343 e. The number of cyclic esters (lactones) is 1. The van der Waals surface area contributed by atoms with E-state index in [1.165, 1.54) is 11.1 Å². The second kappa shape index (κ2) is 10.2. The Kier molecular flexibility index (Phi) is 7.39. The van der Waals surface area contributed by atoms with E-state index < -0.39 is 5.97 Å². The van der Waals surface area contributed by atoms with Crippen LogP contribution >= 0.6 is 0 Å². The molecule has 0 saturated heterocycles. The third-order valence-electron chi connectivity index (χ3n) is 5.36. The Morgan fingerprint density at radius 1 is 1.27 bits per heavy atom. The first-order chi connectivity index (χ1) is 14.4. The van der Waals surface area contributed by atoms with Crippen molar-refractivity contribution < 1.29 is 23.5 Å². The Hall–Kier alpha value is -2.95. The highest BCUT2D eigenvalue weighted by Crippen LogP contribution is 2.26. The summed E-state index contributed by atoms with van der Waals surface area (Å²) in [6.07, 6.45) is 15.2. The lowest BCUT2D eigenvalue weighted by molar-refractivity contribution is -0.133. The van der Waals surface area contributed by atoms with Crippen molar-refractivity contribution in [1.82, 2.24) is 0 Å². The summed E-state index contributed by atoms with van der Waals surface area (Å²) < 4.78 is 15.8. The van der Waals surface area contributed by atoms with E-state index in [1.54, 1.807) is 19.5 Å². The summed E-state index contributed by atoms with van der Waals surface area (Å²) in [5.41, 5.74) is 3.98. The molecule has 0 bridgehead atoms. The zero-order chi connectivity index (χ0) is 21.5. The number of aliphatic hydroxyl groups excluding tert-OH is 1. The number of esters is 1. The van der Waals surface area contributed by atoms with Gasteiger partial charge in [0.2, 0.25) is 0 Å². The Bertz CT molecular complexity index is 940. The van der Waals surface area contributed by atoms with Gasteiger partial charge in [-0.2, -0.15) is 0 Å². The number of allylic oxidation sites excluding steroid dienone is 3. The summed E-state index contributed by atoms with van der Waals surface area (Å²) in [6.45, 7) is 5.81. The highest BCUT2D eigenvalue weighted by Gasteiger charge is 2.26. The van der Waals surface area contributed by atoms with Gasteiger partial charge < -0.3 is 18.7 Å². The van der Waals surface area contributed by atoms with Gasteiger partial charge in [0.15, 0.2) is 11.5 Å². The Balaban J connectivity index is 1.37. The molecule has 3 rings (SSSR count). The van der Waals surface area contributed by atoms with Crippen molar-refractivity contribution in [2.24, 2.45) is 5.92 Å². The minimum absolute atomic E-state index is 0.0323. The molecule has 3 heterocycles. The molecule has 0 fully saturated rings. The third kappa shape index (κ3) is 6.02. The van der Waals surface area contributed by atoms with Gasteiger partial charge in [0.05, 0.1) is 24.4 Å². The Morgan fingerprint density at radius 3 is 2.80 bits per heavy atom. The van der Waals surface area contributed by atoms with Gasteiger partial charge in [-0.05, 0) is 81.2 Å². The third-order valence-corrected chi connectivity index (χ3v) is 5.36. The molecule has 0 aromatic carbocycles. The van der Waals surface area contributed by atoms with E-state index in [0.717, 1.165) is 49.8 Å². The number of carbonyl (C=O) groups excluding carboxylic acids is 1. The molecule has 0 radical (unpaired) electrons. The van der Waals surface area contributed by atoms with E-state index in [0.29, 0.717) is 5.76 Å². The van der Waals surface area contributed by atoms with Crippen LogP contribution in [0.4, 0.5) is 0 Å². The summed E-state index contributed by atoms with van der Waals surface area (Å²) in [6, 6.07) is 4.07. The first kappa shape index (κ1) is 21.8. The maximum atomic E-state index is 11.5. The fraction of sp³-hybridized carbons (Fsp3) is 0.400. The van der Waals surface area contributed by atoms with Crippen LogP contribution in [0.25, 0.3) is 0 Å². The lowest BCUT2D eigenvalue weighted by Crippen LogP contribution is -1.97. The van der Waals surface area contributed by atoms with Gasteiger partial charge in [0, 0.05) is 6.42 Å². The zero-order valence-corrected chi connectivity index (χ0v) is 17.9. The molecule has 1 aliphatic rings. The molecule has 0 aliphatic carbocycles. The summed E-state index contributed by atoms with van der Waals surface area (Å²) in [4.78, 5) is 11.5. The van der Waals surface area contributed by atoms with Crippen LogP contribution in [0.15, 0.2) is 74.6 Å². The number of aryl methyl sites for hydroxylation is 1. The number of aliphatic hydroxyl groups is 1. The average Bonchev–Trinajstić information content (AvgIpc) is 3.43. The van der Waals surface area contributed by atoms with Crippen LogP contribution in [-0.4, -0.2) is 11.1 Å². The van der Waals surface area contributed by atoms with E-state index in [2.05, 4.69) is 26.0 Å². The highest BCUT2D eigenvalue weighted by atomic mass is 16.6. The molecule has 0 amide bonds. The van der Waals surface area contributed by atoms with Gasteiger partial charge in [0.25, 0.3) is 0 Å². The second-order valence-corrected chi connectivity index (χ2v) is 8.08. The van der Waals surface area contributed by atoms with Crippen LogP contribution in [0.5, 0.6) is 0 Å². The Labute approximate surface area is 177 Å². The molecule has 5 heteroatoms. The Morgan fingerprint density at radius 2 is 2.10 bits per heavy atom. The van der Waals surface area contributed by atoms with Gasteiger partial charge in [-0.25, -0.2) is 4.79 Å². The number of hydrogen-bond donors (Lipinski definition) is 1. The van der Waals surface area contributed by atoms with E-state index in [4.69, 9.17) is 13.6 Å². The van der Waals surface area contributed by atoms with Crippen LogP contribution in [0, 0.1) is 5.92 Å². The normalized spacial score (nSPS) is 17.1. The fourth-order valence-corrected chi connectivity index (χ4v) is 3.50. The molecular weight excluding hydrogens is 380 g/mol. The predicted molar refractivity (Wildman–Crippen MR) is 115 cm³/mol. The van der Waals surface area contributed by atoms with Crippen LogP contribution < -0.4 is 0 Å². The van der Waals surface area contributed by atoms with Crippen molar-refractivity contribution in [2.75, 3.05) is 0 Å². The molecule has 160 valence electrons. The minimum atomic E-state index is -0.462. The molecule has 1 atom stereocenters.